The van der Waals surface area contributed by atoms with Crippen LogP contribution in [-0.4, -0.2) is 36.3 Å². The third-order valence-corrected chi connectivity index (χ3v) is 2.95. The molecule has 0 saturated carbocycles. The lowest BCUT2D eigenvalue weighted by molar-refractivity contribution is 0.141. The van der Waals surface area contributed by atoms with Gasteiger partial charge >= 0.3 is 0 Å². The Bertz CT molecular complexity index is 415. The second-order valence-corrected chi connectivity index (χ2v) is 6.14. The zero-order chi connectivity index (χ0) is 15.7. The van der Waals surface area contributed by atoms with Gasteiger partial charge in [0.05, 0.1) is 6.61 Å². The van der Waals surface area contributed by atoms with Crippen molar-refractivity contribution in [2.24, 2.45) is 0 Å². The molecule has 1 aromatic rings. The van der Waals surface area contributed by atoms with Crippen LogP contribution in [0.5, 0.6) is 0 Å². The van der Waals surface area contributed by atoms with Crippen LogP contribution in [0.25, 0.3) is 0 Å². The summed E-state index contributed by atoms with van der Waals surface area (Å²) in [4.78, 5) is 9.17. The van der Waals surface area contributed by atoms with E-state index in [1.165, 1.54) is 6.42 Å². The van der Waals surface area contributed by atoms with Crippen LogP contribution in [0.4, 0.5) is 11.6 Å². The fourth-order valence-corrected chi connectivity index (χ4v) is 1.74. The van der Waals surface area contributed by atoms with E-state index in [0.717, 1.165) is 43.6 Å². The fraction of sp³-hybridized carbons (Fsp3) is 0.750. The molecule has 0 unspecified atom stereocenters. The highest BCUT2D eigenvalue weighted by atomic mass is 16.5. The van der Waals surface area contributed by atoms with E-state index in [4.69, 9.17) is 4.74 Å². The number of hydrogen-bond acceptors (Lipinski definition) is 5. The molecule has 0 spiro atoms. The third-order valence-electron chi connectivity index (χ3n) is 2.95. The highest BCUT2D eigenvalue weighted by Gasteiger charge is 2.19. The van der Waals surface area contributed by atoms with E-state index in [1.807, 2.05) is 6.07 Å². The predicted molar refractivity (Wildman–Crippen MR) is 89.1 cm³/mol. The number of unbranched alkanes of at least 4 members (excludes halogenated alkanes) is 1. The van der Waals surface area contributed by atoms with Crippen LogP contribution in [0.2, 0.25) is 0 Å². The van der Waals surface area contributed by atoms with Crippen molar-refractivity contribution in [1.82, 2.24) is 9.97 Å². The molecule has 0 bridgehead atoms. The molecule has 1 heterocycles. The SMILES string of the molecule is CCCCOCCNc1cc(NCC)nc(C(C)(C)C)n1. The Morgan fingerprint density at radius 3 is 2.29 bits per heavy atom. The maximum absolute atomic E-state index is 5.55. The maximum Gasteiger partial charge on any atom is 0.138 e. The van der Waals surface area contributed by atoms with Gasteiger partial charge in [-0.3, -0.25) is 0 Å². The van der Waals surface area contributed by atoms with Crippen LogP contribution in [0.1, 0.15) is 53.3 Å². The summed E-state index contributed by atoms with van der Waals surface area (Å²) in [5.74, 6) is 2.56. The Hall–Kier alpha value is -1.36. The lowest BCUT2D eigenvalue weighted by Gasteiger charge is -2.19. The van der Waals surface area contributed by atoms with Crippen molar-refractivity contribution in [2.45, 2.75) is 52.9 Å². The summed E-state index contributed by atoms with van der Waals surface area (Å²) in [6.45, 7) is 13.7. The smallest absolute Gasteiger partial charge is 0.138 e. The van der Waals surface area contributed by atoms with Crippen molar-refractivity contribution in [3.05, 3.63) is 11.9 Å². The van der Waals surface area contributed by atoms with Crippen LogP contribution in [-0.2, 0) is 10.2 Å². The zero-order valence-electron chi connectivity index (χ0n) is 14.1. The van der Waals surface area contributed by atoms with Gasteiger partial charge in [0.15, 0.2) is 0 Å². The molecular weight excluding hydrogens is 264 g/mol. The van der Waals surface area contributed by atoms with Gasteiger partial charge in [-0.1, -0.05) is 34.1 Å². The Morgan fingerprint density at radius 1 is 1.05 bits per heavy atom. The standard InChI is InChI=1S/C16H30N4O/c1-6-8-10-21-11-9-18-14-12-13(17-7-2)19-15(20-14)16(3,4)5/h12H,6-11H2,1-5H3,(H2,17,18,19,20). The van der Waals surface area contributed by atoms with Gasteiger partial charge in [-0.15, -0.1) is 0 Å². The van der Waals surface area contributed by atoms with Gasteiger partial charge < -0.3 is 15.4 Å². The minimum Gasteiger partial charge on any atom is -0.380 e. The summed E-state index contributed by atoms with van der Waals surface area (Å²) < 4.78 is 5.55. The van der Waals surface area contributed by atoms with Crippen molar-refractivity contribution in [3.63, 3.8) is 0 Å². The highest BCUT2D eigenvalue weighted by Crippen LogP contribution is 2.22. The van der Waals surface area contributed by atoms with Crippen LogP contribution in [0, 0.1) is 0 Å². The number of ether oxygens (including phenoxy) is 1. The van der Waals surface area contributed by atoms with E-state index in [-0.39, 0.29) is 5.41 Å². The molecule has 0 aliphatic carbocycles. The van der Waals surface area contributed by atoms with E-state index in [0.29, 0.717) is 6.61 Å². The van der Waals surface area contributed by atoms with Crippen molar-refractivity contribution in [2.75, 3.05) is 36.9 Å². The highest BCUT2D eigenvalue weighted by molar-refractivity contribution is 5.48. The van der Waals surface area contributed by atoms with E-state index >= 15 is 0 Å². The van der Waals surface area contributed by atoms with Crippen molar-refractivity contribution >= 4 is 11.6 Å². The van der Waals surface area contributed by atoms with E-state index in [9.17, 15) is 0 Å². The number of rotatable bonds is 9. The first-order valence-corrected chi connectivity index (χ1v) is 7.92. The molecule has 0 aliphatic rings. The fourth-order valence-electron chi connectivity index (χ4n) is 1.74. The first-order valence-electron chi connectivity index (χ1n) is 7.92. The number of nitrogens with zero attached hydrogens (tertiary/aromatic N) is 2. The number of hydrogen-bond donors (Lipinski definition) is 2. The number of nitrogens with one attached hydrogen (secondary N) is 2. The molecule has 2 N–H and O–H groups in total. The predicted octanol–water partition coefficient (Wildman–Crippen LogP) is 3.43. The molecule has 0 amide bonds. The van der Waals surface area contributed by atoms with Crippen LogP contribution in [0.3, 0.4) is 0 Å². The first kappa shape index (κ1) is 17.7. The lowest BCUT2D eigenvalue weighted by atomic mass is 9.96. The van der Waals surface area contributed by atoms with E-state index in [2.05, 4.69) is 55.2 Å². The summed E-state index contributed by atoms with van der Waals surface area (Å²) >= 11 is 0. The molecule has 5 heteroatoms. The second-order valence-electron chi connectivity index (χ2n) is 6.14. The molecule has 1 rings (SSSR count). The molecule has 0 aliphatic heterocycles. The summed E-state index contributed by atoms with van der Waals surface area (Å²) in [6, 6.07) is 1.95. The van der Waals surface area contributed by atoms with Gasteiger partial charge in [0.25, 0.3) is 0 Å². The third kappa shape index (κ3) is 6.76. The van der Waals surface area contributed by atoms with Crippen molar-refractivity contribution in [1.29, 1.82) is 0 Å². The molecule has 0 saturated heterocycles. The summed E-state index contributed by atoms with van der Waals surface area (Å²) in [5, 5.41) is 6.57. The zero-order valence-corrected chi connectivity index (χ0v) is 14.1. The monoisotopic (exact) mass is 294 g/mol. The van der Waals surface area contributed by atoms with E-state index < -0.39 is 0 Å². The van der Waals surface area contributed by atoms with Gasteiger partial charge in [0, 0.05) is 31.2 Å². The number of aromatic nitrogens is 2. The molecule has 0 aromatic carbocycles. The van der Waals surface area contributed by atoms with Gasteiger partial charge in [-0.25, -0.2) is 9.97 Å². The second kappa shape index (κ2) is 8.82. The molecule has 5 nitrogen and oxygen atoms in total. The summed E-state index contributed by atoms with van der Waals surface area (Å²) in [6.07, 6.45) is 2.28. The summed E-state index contributed by atoms with van der Waals surface area (Å²) in [7, 11) is 0. The van der Waals surface area contributed by atoms with Crippen LogP contribution < -0.4 is 10.6 Å². The Labute approximate surface area is 128 Å². The molecule has 120 valence electrons. The topological polar surface area (TPSA) is 59.1 Å². The molecule has 0 fully saturated rings. The molecule has 0 atom stereocenters. The molecule has 1 aromatic heterocycles. The van der Waals surface area contributed by atoms with Crippen molar-refractivity contribution in [3.8, 4) is 0 Å². The minimum absolute atomic E-state index is 0.0700. The first-order chi connectivity index (χ1) is 9.97. The maximum atomic E-state index is 5.55. The van der Waals surface area contributed by atoms with Gasteiger partial charge in [-0.2, -0.15) is 0 Å². The number of anilines is 2. The van der Waals surface area contributed by atoms with Gasteiger partial charge in [0.2, 0.25) is 0 Å². The Morgan fingerprint density at radius 2 is 1.71 bits per heavy atom. The Balaban J connectivity index is 2.61. The average Bonchev–Trinajstić information content (AvgIpc) is 2.42. The largest absolute Gasteiger partial charge is 0.380 e. The van der Waals surface area contributed by atoms with E-state index in [1.54, 1.807) is 0 Å². The average molecular weight is 294 g/mol. The quantitative estimate of drug-likeness (QED) is 0.683. The van der Waals surface area contributed by atoms with Crippen LogP contribution >= 0.6 is 0 Å². The summed E-state index contributed by atoms with van der Waals surface area (Å²) in [5.41, 5.74) is -0.0700. The Kier molecular flexibility index (Phi) is 7.43. The van der Waals surface area contributed by atoms with Gasteiger partial charge in [0.1, 0.15) is 17.5 Å². The normalized spacial score (nSPS) is 11.5. The van der Waals surface area contributed by atoms with Gasteiger partial charge in [-0.05, 0) is 13.3 Å². The molecule has 21 heavy (non-hydrogen) atoms. The van der Waals surface area contributed by atoms with Crippen molar-refractivity contribution < 1.29 is 4.74 Å². The van der Waals surface area contributed by atoms with Crippen LogP contribution in [0.15, 0.2) is 6.07 Å². The lowest BCUT2D eigenvalue weighted by Crippen LogP contribution is -2.19. The molecular formula is C16H30N4O. The minimum atomic E-state index is -0.0700. The molecule has 0 radical (unpaired) electrons.